The number of esters is 1. The third-order valence-electron chi connectivity index (χ3n) is 5.89. The Kier molecular flexibility index (Phi) is 4.22. The Hall–Kier alpha value is -3.37. The zero-order valence-corrected chi connectivity index (χ0v) is 16.2. The van der Waals surface area contributed by atoms with E-state index < -0.39 is 11.6 Å². The lowest BCUT2D eigenvalue weighted by Crippen LogP contribution is -2.57. The van der Waals surface area contributed by atoms with E-state index in [1.54, 1.807) is 0 Å². The monoisotopic (exact) mass is 382 g/mol. The molecule has 0 saturated heterocycles. The minimum Gasteiger partial charge on any atom is -0.468 e. The molecule has 2 heterocycles. The Labute approximate surface area is 169 Å². The standard InChI is InChI=1S/C25H22N2O2/c1-29-24(28)22-16-20-19-14-8-9-15-21(19)26-23(20)25(27-22,17-10-4-2-5-11-17)18-12-6-3-7-13-18/h2-15,22,26-27H,16H2,1H3. The van der Waals surface area contributed by atoms with E-state index in [9.17, 15) is 4.79 Å². The lowest BCUT2D eigenvalue weighted by molar-refractivity contribution is -0.143. The van der Waals surface area contributed by atoms with Crippen LogP contribution in [0.15, 0.2) is 84.9 Å². The van der Waals surface area contributed by atoms with Gasteiger partial charge in [0.2, 0.25) is 0 Å². The molecule has 1 atom stereocenters. The quantitative estimate of drug-likeness (QED) is 0.524. The Morgan fingerprint density at radius 2 is 1.48 bits per heavy atom. The highest BCUT2D eigenvalue weighted by Crippen LogP contribution is 2.44. The number of ether oxygens (including phenoxy) is 1. The third-order valence-corrected chi connectivity index (χ3v) is 5.89. The van der Waals surface area contributed by atoms with Crippen LogP contribution in [0.5, 0.6) is 0 Å². The van der Waals surface area contributed by atoms with Crippen LogP contribution in [-0.4, -0.2) is 24.1 Å². The van der Waals surface area contributed by atoms with Gasteiger partial charge < -0.3 is 9.72 Å². The van der Waals surface area contributed by atoms with Gasteiger partial charge in [-0.25, -0.2) is 0 Å². The second-order valence-corrected chi connectivity index (χ2v) is 7.43. The largest absolute Gasteiger partial charge is 0.468 e. The van der Waals surface area contributed by atoms with Gasteiger partial charge in [-0.1, -0.05) is 78.9 Å². The normalized spacial score (nSPS) is 17.6. The number of hydrogen-bond donors (Lipinski definition) is 2. The van der Waals surface area contributed by atoms with Crippen LogP contribution in [0.2, 0.25) is 0 Å². The van der Waals surface area contributed by atoms with Gasteiger partial charge in [0.1, 0.15) is 11.6 Å². The molecule has 0 aliphatic carbocycles. The van der Waals surface area contributed by atoms with Gasteiger partial charge in [-0.2, -0.15) is 0 Å². The van der Waals surface area contributed by atoms with E-state index in [1.165, 1.54) is 7.11 Å². The van der Waals surface area contributed by atoms with Crippen molar-refractivity contribution in [3.05, 3.63) is 107 Å². The highest BCUT2D eigenvalue weighted by atomic mass is 16.5. The van der Waals surface area contributed by atoms with Crippen LogP contribution >= 0.6 is 0 Å². The third kappa shape index (κ3) is 2.68. The summed E-state index contributed by atoms with van der Waals surface area (Å²) in [5.74, 6) is -0.253. The minimum absolute atomic E-state index is 0.253. The summed E-state index contributed by atoms with van der Waals surface area (Å²) in [5.41, 5.74) is 4.77. The molecule has 4 aromatic rings. The SMILES string of the molecule is COC(=O)C1Cc2c([nH]c3ccccc23)C(c2ccccc2)(c2ccccc2)N1. The molecule has 4 heteroatoms. The molecule has 0 bridgehead atoms. The molecular formula is C25H22N2O2. The molecule has 0 amide bonds. The number of carbonyl (C=O) groups excluding carboxylic acids is 1. The average Bonchev–Trinajstić information content (AvgIpc) is 3.18. The van der Waals surface area contributed by atoms with Crippen molar-refractivity contribution in [1.29, 1.82) is 0 Å². The fourth-order valence-corrected chi connectivity index (χ4v) is 4.60. The summed E-state index contributed by atoms with van der Waals surface area (Å²) in [6.45, 7) is 0. The number of hydrogen-bond acceptors (Lipinski definition) is 3. The van der Waals surface area contributed by atoms with Gasteiger partial charge in [0.15, 0.2) is 0 Å². The van der Waals surface area contributed by atoms with Crippen molar-refractivity contribution in [2.45, 2.75) is 18.0 Å². The first kappa shape index (κ1) is 17.7. The molecule has 5 rings (SSSR count). The molecule has 29 heavy (non-hydrogen) atoms. The summed E-state index contributed by atoms with van der Waals surface area (Å²) >= 11 is 0. The van der Waals surface area contributed by atoms with Gasteiger partial charge in [-0.05, 0) is 22.8 Å². The lowest BCUT2D eigenvalue weighted by Gasteiger charge is -2.42. The van der Waals surface area contributed by atoms with Gasteiger partial charge >= 0.3 is 5.97 Å². The maximum absolute atomic E-state index is 12.7. The average molecular weight is 382 g/mol. The van der Waals surface area contributed by atoms with Gasteiger partial charge in [0, 0.05) is 23.0 Å². The van der Waals surface area contributed by atoms with Crippen molar-refractivity contribution in [1.82, 2.24) is 10.3 Å². The minimum atomic E-state index is -0.687. The molecule has 144 valence electrons. The van der Waals surface area contributed by atoms with E-state index in [2.05, 4.69) is 46.7 Å². The zero-order valence-electron chi connectivity index (χ0n) is 16.2. The highest BCUT2D eigenvalue weighted by Gasteiger charge is 2.46. The number of rotatable bonds is 3. The van der Waals surface area contributed by atoms with E-state index >= 15 is 0 Å². The number of benzene rings is 3. The molecule has 0 fully saturated rings. The first-order valence-electron chi connectivity index (χ1n) is 9.80. The second kappa shape index (κ2) is 6.90. The van der Waals surface area contributed by atoms with Crippen LogP contribution < -0.4 is 5.32 Å². The van der Waals surface area contributed by atoms with E-state index in [0.29, 0.717) is 6.42 Å². The summed E-state index contributed by atoms with van der Waals surface area (Å²) in [4.78, 5) is 16.4. The van der Waals surface area contributed by atoms with Crippen molar-refractivity contribution in [2.75, 3.05) is 7.11 Å². The van der Waals surface area contributed by atoms with Crippen LogP contribution in [0.25, 0.3) is 10.9 Å². The van der Waals surface area contributed by atoms with Crippen LogP contribution in [0.4, 0.5) is 0 Å². The molecule has 1 aromatic heterocycles. The van der Waals surface area contributed by atoms with Crippen molar-refractivity contribution < 1.29 is 9.53 Å². The Balaban J connectivity index is 1.87. The van der Waals surface area contributed by atoms with Crippen molar-refractivity contribution in [3.63, 3.8) is 0 Å². The molecule has 1 aliphatic heterocycles. The smallest absolute Gasteiger partial charge is 0.323 e. The Morgan fingerprint density at radius 3 is 2.10 bits per heavy atom. The first-order chi connectivity index (χ1) is 14.2. The number of methoxy groups -OCH3 is 1. The zero-order chi connectivity index (χ0) is 19.8. The molecule has 2 N–H and O–H groups in total. The van der Waals surface area contributed by atoms with Gasteiger partial charge in [0.25, 0.3) is 0 Å². The summed E-state index contributed by atoms with van der Waals surface area (Å²) in [7, 11) is 1.45. The Morgan fingerprint density at radius 1 is 0.897 bits per heavy atom. The van der Waals surface area contributed by atoms with Crippen LogP contribution in [0.1, 0.15) is 22.4 Å². The van der Waals surface area contributed by atoms with E-state index in [-0.39, 0.29) is 5.97 Å². The van der Waals surface area contributed by atoms with Crippen molar-refractivity contribution in [2.24, 2.45) is 0 Å². The number of carbonyl (C=O) groups is 1. The van der Waals surface area contributed by atoms with Crippen LogP contribution in [0, 0.1) is 0 Å². The Bertz CT molecular complexity index is 1130. The fourth-order valence-electron chi connectivity index (χ4n) is 4.60. The number of aromatic amines is 1. The summed E-state index contributed by atoms with van der Waals surface area (Å²) in [6.07, 6.45) is 0.577. The molecule has 3 aromatic carbocycles. The number of H-pyrrole nitrogens is 1. The van der Waals surface area contributed by atoms with Gasteiger partial charge in [-0.15, -0.1) is 0 Å². The molecule has 1 aliphatic rings. The summed E-state index contributed by atoms with van der Waals surface area (Å²) in [5, 5.41) is 4.81. The molecule has 0 saturated carbocycles. The predicted octanol–water partition coefficient (Wildman–Crippen LogP) is 4.15. The predicted molar refractivity (Wildman–Crippen MR) is 114 cm³/mol. The van der Waals surface area contributed by atoms with Crippen molar-refractivity contribution in [3.8, 4) is 0 Å². The lowest BCUT2D eigenvalue weighted by atomic mass is 9.74. The summed E-state index contributed by atoms with van der Waals surface area (Å²) < 4.78 is 5.15. The molecule has 0 spiro atoms. The molecule has 4 nitrogen and oxygen atoms in total. The first-order valence-corrected chi connectivity index (χ1v) is 9.80. The number of fused-ring (bicyclic) bond motifs is 3. The molecule has 1 unspecified atom stereocenters. The van der Waals surface area contributed by atoms with Gasteiger partial charge in [0.05, 0.1) is 7.11 Å². The summed E-state index contributed by atoms with van der Waals surface area (Å²) in [6, 6.07) is 28.4. The van der Waals surface area contributed by atoms with Crippen LogP contribution in [0.3, 0.4) is 0 Å². The van der Waals surface area contributed by atoms with Crippen molar-refractivity contribution >= 4 is 16.9 Å². The van der Waals surface area contributed by atoms with Crippen LogP contribution in [-0.2, 0) is 21.5 Å². The molecule has 0 radical (unpaired) electrons. The van der Waals surface area contributed by atoms with E-state index in [4.69, 9.17) is 4.74 Å². The topological polar surface area (TPSA) is 54.1 Å². The van der Waals surface area contributed by atoms with Gasteiger partial charge in [-0.3, -0.25) is 10.1 Å². The maximum Gasteiger partial charge on any atom is 0.323 e. The number of para-hydroxylation sites is 1. The number of nitrogens with one attached hydrogen (secondary N) is 2. The van der Waals surface area contributed by atoms with E-state index in [1.807, 2.05) is 48.5 Å². The maximum atomic E-state index is 12.7. The second-order valence-electron chi connectivity index (χ2n) is 7.43. The fraction of sp³-hybridized carbons (Fsp3) is 0.160. The highest BCUT2D eigenvalue weighted by molar-refractivity contribution is 5.88. The van der Waals surface area contributed by atoms with E-state index in [0.717, 1.165) is 33.3 Å². The number of aromatic nitrogens is 1. The molecular weight excluding hydrogens is 360 g/mol.